The number of ether oxygens (including phenoxy) is 1. The molecule has 2 N–H and O–H groups in total. The summed E-state index contributed by atoms with van der Waals surface area (Å²) < 4.78 is 12.0. The van der Waals surface area contributed by atoms with Crippen molar-refractivity contribution in [3.8, 4) is 17.2 Å². The number of methoxy groups -OCH3 is 1. The van der Waals surface area contributed by atoms with Crippen molar-refractivity contribution in [2.75, 3.05) is 12.8 Å². The molecule has 0 aliphatic rings. The van der Waals surface area contributed by atoms with Crippen molar-refractivity contribution >= 4 is 16.9 Å². The van der Waals surface area contributed by atoms with Crippen LogP contribution in [0.15, 0.2) is 28.8 Å². The van der Waals surface area contributed by atoms with E-state index in [1.54, 1.807) is 17.9 Å². The van der Waals surface area contributed by atoms with Crippen LogP contribution in [-0.2, 0) is 7.05 Å². The molecule has 0 atom stereocenters. The van der Waals surface area contributed by atoms with Crippen LogP contribution in [0.25, 0.3) is 22.2 Å². The van der Waals surface area contributed by atoms with Gasteiger partial charge in [-0.15, -0.1) is 0 Å². The minimum absolute atomic E-state index is 0.236. The SMILES string of the molecule is COc1nc2c(-c3cnn(C)c3N)cccc2o1. The zero-order chi connectivity index (χ0) is 12.7. The minimum Gasteiger partial charge on any atom is -0.453 e. The third kappa shape index (κ3) is 1.42. The Kier molecular flexibility index (Phi) is 2.22. The molecule has 6 nitrogen and oxygen atoms in total. The van der Waals surface area contributed by atoms with Crippen LogP contribution in [0.4, 0.5) is 5.82 Å². The van der Waals surface area contributed by atoms with Crippen molar-refractivity contribution in [3.05, 3.63) is 24.4 Å². The third-order valence-corrected chi connectivity index (χ3v) is 2.85. The molecule has 0 bridgehead atoms. The van der Waals surface area contributed by atoms with E-state index < -0.39 is 0 Å². The molecule has 0 saturated carbocycles. The summed E-state index contributed by atoms with van der Waals surface area (Å²) in [5.41, 5.74) is 9.06. The van der Waals surface area contributed by atoms with Gasteiger partial charge in [0.15, 0.2) is 5.58 Å². The summed E-state index contributed by atoms with van der Waals surface area (Å²) in [7, 11) is 3.31. The molecule has 0 aliphatic carbocycles. The largest absolute Gasteiger partial charge is 0.453 e. The van der Waals surface area contributed by atoms with Crippen LogP contribution in [0.5, 0.6) is 6.08 Å². The molecule has 0 aliphatic heterocycles. The maximum absolute atomic E-state index is 5.98. The Morgan fingerprint density at radius 2 is 2.17 bits per heavy atom. The second kappa shape index (κ2) is 3.76. The van der Waals surface area contributed by atoms with E-state index in [0.717, 1.165) is 11.1 Å². The predicted octanol–water partition coefficient (Wildman–Crippen LogP) is 1.82. The fourth-order valence-corrected chi connectivity index (χ4v) is 1.89. The Balaban J connectivity index is 2.28. The van der Waals surface area contributed by atoms with Crippen LogP contribution in [0.1, 0.15) is 0 Å². The van der Waals surface area contributed by atoms with Gasteiger partial charge in [-0.3, -0.25) is 4.68 Å². The first kappa shape index (κ1) is 10.6. The Labute approximate surface area is 103 Å². The first-order valence-electron chi connectivity index (χ1n) is 5.42. The Bertz CT molecular complexity index is 714. The molecule has 0 radical (unpaired) electrons. The van der Waals surface area contributed by atoms with Gasteiger partial charge in [0.1, 0.15) is 11.3 Å². The second-order valence-electron chi connectivity index (χ2n) is 3.90. The van der Waals surface area contributed by atoms with Crippen LogP contribution in [0.3, 0.4) is 0 Å². The quantitative estimate of drug-likeness (QED) is 0.743. The molecule has 0 amide bonds. The highest BCUT2D eigenvalue weighted by atomic mass is 16.6. The molecule has 1 aromatic carbocycles. The molecule has 6 heteroatoms. The number of hydrogen-bond acceptors (Lipinski definition) is 5. The summed E-state index contributed by atoms with van der Waals surface area (Å²) >= 11 is 0. The van der Waals surface area contributed by atoms with Crippen LogP contribution in [-0.4, -0.2) is 21.9 Å². The van der Waals surface area contributed by atoms with Gasteiger partial charge in [-0.05, 0) is 6.07 Å². The number of fused-ring (bicyclic) bond motifs is 1. The van der Waals surface area contributed by atoms with Gasteiger partial charge in [0.25, 0.3) is 0 Å². The number of para-hydroxylation sites is 1. The number of nitrogens with two attached hydrogens (primary N) is 1. The first-order valence-corrected chi connectivity index (χ1v) is 5.42. The van der Waals surface area contributed by atoms with Crippen LogP contribution in [0.2, 0.25) is 0 Å². The average Bonchev–Trinajstić information content (AvgIpc) is 2.94. The zero-order valence-electron chi connectivity index (χ0n) is 10.0. The van der Waals surface area contributed by atoms with Gasteiger partial charge in [-0.25, -0.2) is 0 Å². The van der Waals surface area contributed by atoms with Crippen molar-refractivity contribution in [1.29, 1.82) is 0 Å². The van der Waals surface area contributed by atoms with Crippen LogP contribution < -0.4 is 10.5 Å². The molecule has 92 valence electrons. The monoisotopic (exact) mass is 244 g/mol. The maximum atomic E-state index is 5.98. The Morgan fingerprint density at radius 3 is 2.83 bits per heavy atom. The van der Waals surface area contributed by atoms with E-state index in [-0.39, 0.29) is 6.08 Å². The molecule has 0 spiro atoms. The number of nitrogen functional groups attached to an aromatic ring is 1. The van der Waals surface area contributed by atoms with E-state index in [4.69, 9.17) is 14.9 Å². The van der Waals surface area contributed by atoms with E-state index in [9.17, 15) is 0 Å². The van der Waals surface area contributed by atoms with Gasteiger partial charge in [0, 0.05) is 18.2 Å². The number of benzene rings is 1. The Hall–Kier alpha value is -2.50. The summed E-state index contributed by atoms with van der Waals surface area (Å²) in [4.78, 5) is 4.28. The number of nitrogens with zero attached hydrogens (tertiary/aromatic N) is 3. The summed E-state index contributed by atoms with van der Waals surface area (Å²) in [5, 5.41) is 4.13. The number of oxazole rings is 1. The normalized spacial score (nSPS) is 11.0. The topological polar surface area (TPSA) is 79.1 Å². The van der Waals surface area contributed by atoms with Crippen molar-refractivity contribution in [3.63, 3.8) is 0 Å². The van der Waals surface area contributed by atoms with E-state index in [1.165, 1.54) is 7.11 Å². The minimum atomic E-state index is 0.236. The highest BCUT2D eigenvalue weighted by Crippen LogP contribution is 2.33. The summed E-state index contributed by atoms with van der Waals surface area (Å²) in [5.74, 6) is 0.587. The van der Waals surface area contributed by atoms with Crippen LogP contribution >= 0.6 is 0 Å². The molecule has 2 heterocycles. The number of rotatable bonds is 2. The molecule has 3 aromatic rings. The standard InChI is InChI=1S/C12H12N4O2/c1-16-11(13)8(6-14-16)7-4-3-5-9-10(7)15-12(17-2)18-9/h3-6H,13H2,1-2H3. The molecule has 0 unspecified atom stereocenters. The van der Waals surface area contributed by atoms with Gasteiger partial charge >= 0.3 is 6.08 Å². The molecule has 2 aromatic heterocycles. The number of aryl methyl sites for hydroxylation is 1. The van der Waals surface area contributed by atoms with Gasteiger partial charge in [0.2, 0.25) is 0 Å². The van der Waals surface area contributed by atoms with Crippen molar-refractivity contribution in [2.45, 2.75) is 0 Å². The lowest BCUT2D eigenvalue weighted by Gasteiger charge is -2.00. The van der Waals surface area contributed by atoms with E-state index in [2.05, 4.69) is 10.1 Å². The summed E-state index contributed by atoms with van der Waals surface area (Å²) in [6, 6.07) is 5.65. The first-order chi connectivity index (χ1) is 8.70. The molecule has 0 saturated heterocycles. The lowest BCUT2D eigenvalue weighted by atomic mass is 10.1. The van der Waals surface area contributed by atoms with E-state index in [0.29, 0.717) is 16.9 Å². The highest BCUT2D eigenvalue weighted by molar-refractivity contribution is 5.93. The van der Waals surface area contributed by atoms with Gasteiger partial charge < -0.3 is 14.9 Å². The smallest absolute Gasteiger partial charge is 0.394 e. The van der Waals surface area contributed by atoms with Crippen molar-refractivity contribution in [1.82, 2.24) is 14.8 Å². The van der Waals surface area contributed by atoms with E-state index in [1.807, 2.05) is 18.2 Å². The van der Waals surface area contributed by atoms with Crippen LogP contribution in [0, 0.1) is 0 Å². The fraction of sp³-hybridized carbons (Fsp3) is 0.167. The predicted molar refractivity (Wildman–Crippen MR) is 67.2 cm³/mol. The molecular formula is C12H12N4O2. The Morgan fingerprint density at radius 1 is 1.33 bits per heavy atom. The van der Waals surface area contributed by atoms with Crippen molar-refractivity contribution in [2.24, 2.45) is 7.05 Å². The molecule has 18 heavy (non-hydrogen) atoms. The van der Waals surface area contributed by atoms with Crippen molar-refractivity contribution < 1.29 is 9.15 Å². The lowest BCUT2D eigenvalue weighted by molar-refractivity contribution is 0.299. The number of hydrogen-bond donors (Lipinski definition) is 1. The van der Waals surface area contributed by atoms with Gasteiger partial charge in [-0.2, -0.15) is 10.1 Å². The maximum Gasteiger partial charge on any atom is 0.394 e. The average molecular weight is 244 g/mol. The molecule has 0 fully saturated rings. The number of anilines is 1. The zero-order valence-corrected chi connectivity index (χ0v) is 10.0. The molecular weight excluding hydrogens is 232 g/mol. The highest BCUT2D eigenvalue weighted by Gasteiger charge is 2.15. The summed E-state index contributed by atoms with van der Waals surface area (Å²) in [6.45, 7) is 0. The fourth-order valence-electron chi connectivity index (χ4n) is 1.89. The van der Waals surface area contributed by atoms with E-state index >= 15 is 0 Å². The van der Waals surface area contributed by atoms with Gasteiger partial charge in [0.05, 0.1) is 13.3 Å². The lowest BCUT2D eigenvalue weighted by Crippen LogP contribution is -1.98. The number of aromatic nitrogens is 3. The summed E-state index contributed by atoms with van der Waals surface area (Å²) in [6.07, 6.45) is 1.95. The van der Waals surface area contributed by atoms with Gasteiger partial charge in [-0.1, -0.05) is 12.1 Å². The molecule has 3 rings (SSSR count). The third-order valence-electron chi connectivity index (χ3n) is 2.85. The second-order valence-corrected chi connectivity index (χ2v) is 3.90.